The minimum Gasteiger partial charge on any atom is -0.379 e. The Balaban J connectivity index is 1.68. The fraction of sp³-hybridized carbons (Fsp3) is 0.808. The number of hydrogen-bond donors (Lipinski definition) is 1. The maximum Gasteiger partial charge on any atom is 0.263 e. The van der Waals surface area contributed by atoms with Crippen LogP contribution in [0, 0.1) is 0 Å². The topological polar surface area (TPSA) is 150 Å². The number of hydroxylamine groups is 2. The number of carbonyl (C=O) groups excluding carboxylic acids is 3. The molecule has 0 aromatic carbocycles. The first kappa shape index (κ1) is 37.3. The fourth-order valence-electron chi connectivity index (χ4n) is 2.97. The molecular formula is C26H45BrN2O12. The lowest BCUT2D eigenvalue weighted by Gasteiger charge is -2.16. The number of nitrogens with one attached hydrogen (secondary N) is 1. The van der Waals surface area contributed by atoms with Gasteiger partial charge in [0.25, 0.3) is 11.8 Å². The maximum absolute atomic E-state index is 11.5. The van der Waals surface area contributed by atoms with Gasteiger partial charge in [-0.05, 0) is 0 Å². The second kappa shape index (κ2) is 27.2. The van der Waals surface area contributed by atoms with Crippen LogP contribution in [0.25, 0.3) is 0 Å². The van der Waals surface area contributed by atoms with E-state index >= 15 is 0 Å². The molecule has 1 heterocycles. The van der Waals surface area contributed by atoms with Gasteiger partial charge in [0.15, 0.2) is 0 Å². The average molecular weight is 658 g/mol. The highest BCUT2D eigenvalue weighted by Crippen LogP contribution is 2.15. The number of imide groups is 1. The summed E-state index contributed by atoms with van der Waals surface area (Å²) in [5.74, 6) is -0.466. The molecule has 0 spiro atoms. The van der Waals surface area contributed by atoms with Crippen molar-refractivity contribution in [2.45, 2.75) is 19.3 Å². The monoisotopic (exact) mass is 656 g/mol. The number of nitrogens with zero attached hydrogens (tertiary/aromatic N) is 1. The SMILES string of the molecule is C=C(CCOCCOCCOCCOCCOCCOCCOCCOCCNC(=O)CBr)ON1C(=O)CCC1=O. The Morgan fingerprint density at radius 3 is 1.34 bits per heavy atom. The lowest BCUT2D eigenvalue weighted by atomic mass is 10.4. The van der Waals surface area contributed by atoms with Gasteiger partial charge in [-0.3, -0.25) is 14.4 Å². The first-order valence-corrected chi connectivity index (χ1v) is 14.8. The van der Waals surface area contributed by atoms with Crippen molar-refractivity contribution < 1.29 is 57.1 Å². The minimum atomic E-state index is -0.351. The van der Waals surface area contributed by atoms with Crippen LogP contribution < -0.4 is 5.32 Å². The van der Waals surface area contributed by atoms with Crippen LogP contribution in [-0.4, -0.2) is 140 Å². The van der Waals surface area contributed by atoms with E-state index in [1.807, 2.05) is 0 Å². The number of hydrogen-bond acceptors (Lipinski definition) is 12. The standard InChI is InChI=1S/C26H45BrN2O12/c1-23(41-29-25(31)2-3-26(29)32)4-6-33-8-10-35-12-14-37-16-18-39-20-21-40-19-17-38-15-13-36-11-9-34-7-5-28-24(30)22-27/h1-22H2,(H,28,30). The summed E-state index contributed by atoms with van der Waals surface area (Å²) in [6.07, 6.45) is 0.711. The quantitative estimate of drug-likeness (QED) is 0.0500. The molecule has 14 nitrogen and oxygen atoms in total. The zero-order chi connectivity index (χ0) is 29.8. The summed E-state index contributed by atoms with van der Waals surface area (Å²) in [6.45, 7) is 11.4. The van der Waals surface area contributed by atoms with Crippen LogP contribution >= 0.6 is 15.9 Å². The summed E-state index contributed by atoms with van der Waals surface area (Å²) in [4.78, 5) is 39.1. The molecule has 0 unspecified atom stereocenters. The molecule has 1 saturated heterocycles. The van der Waals surface area contributed by atoms with Crippen LogP contribution in [0.2, 0.25) is 0 Å². The van der Waals surface area contributed by atoms with E-state index in [0.29, 0.717) is 124 Å². The highest BCUT2D eigenvalue weighted by atomic mass is 79.9. The van der Waals surface area contributed by atoms with Crippen molar-refractivity contribution in [2.24, 2.45) is 0 Å². The molecule has 1 aliphatic rings. The second-order valence-electron chi connectivity index (χ2n) is 8.34. The van der Waals surface area contributed by atoms with Gasteiger partial charge in [-0.1, -0.05) is 22.5 Å². The predicted molar refractivity (Wildman–Crippen MR) is 149 cm³/mol. The molecule has 238 valence electrons. The van der Waals surface area contributed by atoms with Crippen LogP contribution in [0.4, 0.5) is 0 Å². The number of amides is 3. The molecule has 0 aliphatic carbocycles. The Morgan fingerprint density at radius 2 is 0.976 bits per heavy atom. The Hall–Kier alpha value is -1.69. The molecular weight excluding hydrogens is 612 g/mol. The van der Waals surface area contributed by atoms with Crippen LogP contribution in [-0.2, 0) is 57.1 Å². The summed E-state index contributed by atoms with van der Waals surface area (Å²) in [7, 11) is 0. The summed E-state index contributed by atoms with van der Waals surface area (Å²) < 4.78 is 43.3. The number of halogens is 1. The van der Waals surface area contributed by atoms with Crippen molar-refractivity contribution in [3.63, 3.8) is 0 Å². The van der Waals surface area contributed by atoms with Crippen molar-refractivity contribution in [1.29, 1.82) is 0 Å². The third-order valence-corrected chi connectivity index (χ3v) is 5.55. The molecule has 41 heavy (non-hydrogen) atoms. The van der Waals surface area contributed by atoms with Gasteiger partial charge in [-0.25, -0.2) is 0 Å². The van der Waals surface area contributed by atoms with Crippen LogP contribution in [0.5, 0.6) is 0 Å². The van der Waals surface area contributed by atoms with Gasteiger partial charge in [0.1, 0.15) is 5.76 Å². The van der Waals surface area contributed by atoms with Crippen molar-refractivity contribution in [1.82, 2.24) is 10.4 Å². The Labute approximate surface area is 250 Å². The lowest BCUT2D eigenvalue weighted by molar-refractivity contribution is -0.177. The Kier molecular flexibility index (Phi) is 24.7. The van der Waals surface area contributed by atoms with Gasteiger partial charge < -0.3 is 48.0 Å². The third-order valence-electron chi connectivity index (χ3n) is 5.05. The molecule has 0 radical (unpaired) electrons. The normalized spacial score (nSPS) is 13.2. The van der Waals surface area contributed by atoms with Gasteiger partial charge in [0.2, 0.25) is 5.91 Å². The molecule has 3 amide bonds. The number of carbonyl (C=O) groups is 3. The second-order valence-corrected chi connectivity index (χ2v) is 8.91. The number of ether oxygens (including phenoxy) is 8. The zero-order valence-electron chi connectivity index (χ0n) is 23.8. The van der Waals surface area contributed by atoms with E-state index in [0.717, 1.165) is 5.06 Å². The van der Waals surface area contributed by atoms with Crippen LogP contribution in [0.1, 0.15) is 19.3 Å². The Bertz CT molecular complexity index is 700. The number of alkyl halides is 1. The van der Waals surface area contributed by atoms with E-state index in [4.69, 9.17) is 42.7 Å². The first-order chi connectivity index (χ1) is 20.0. The lowest BCUT2D eigenvalue weighted by Crippen LogP contribution is -2.29. The summed E-state index contributed by atoms with van der Waals surface area (Å²) in [5, 5.41) is 3.74. The first-order valence-electron chi connectivity index (χ1n) is 13.7. The molecule has 0 atom stereocenters. The molecule has 0 aromatic rings. The third kappa shape index (κ3) is 22.6. The largest absolute Gasteiger partial charge is 0.379 e. The maximum atomic E-state index is 11.5. The van der Waals surface area contributed by atoms with Crippen molar-refractivity contribution in [2.75, 3.05) is 118 Å². The minimum absolute atomic E-state index is 0.0637. The van der Waals surface area contributed by atoms with Gasteiger partial charge in [0, 0.05) is 25.8 Å². The molecule has 15 heteroatoms. The van der Waals surface area contributed by atoms with Gasteiger partial charge in [-0.15, -0.1) is 5.06 Å². The van der Waals surface area contributed by atoms with E-state index in [9.17, 15) is 14.4 Å². The van der Waals surface area contributed by atoms with Gasteiger partial charge in [0.05, 0.1) is 111 Å². The molecule has 0 bridgehead atoms. The van der Waals surface area contributed by atoms with Crippen LogP contribution in [0.15, 0.2) is 12.3 Å². The summed E-state index contributed by atoms with van der Waals surface area (Å²) in [6, 6.07) is 0. The molecule has 1 N–H and O–H groups in total. The van der Waals surface area contributed by atoms with E-state index in [1.165, 1.54) is 0 Å². The molecule has 1 fully saturated rings. The van der Waals surface area contributed by atoms with E-state index in [2.05, 4.69) is 27.8 Å². The highest BCUT2D eigenvalue weighted by molar-refractivity contribution is 9.09. The van der Waals surface area contributed by atoms with E-state index in [-0.39, 0.29) is 35.9 Å². The average Bonchev–Trinajstić information content (AvgIpc) is 3.28. The molecule has 0 saturated carbocycles. The highest BCUT2D eigenvalue weighted by Gasteiger charge is 2.31. The van der Waals surface area contributed by atoms with Gasteiger partial charge >= 0.3 is 0 Å². The van der Waals surface area contributed by atoms with Crippen molar-refractivity contribution in [3.8, 4) is 0 Å². The van der Waals surface area contributed by atoms with Crippen molar-refractivity contribution in [3.05, 3.63) is 12.3 Å². The molecule has 1 aliphatic heterocycles. The fourth-order valence-corrected chi connectivity index (χ4v) is 3.17. The molecule has 0 aromatic heterocycles. The number of rotatable bonds is 30. The summed E-state index contributed by atoms with van der Waals surface area (Å²) >= 11 is 3.07. The van der Waals surface area contributed by atoms with Crippen molar-refractivity contribution >= 4 is 33.7 Å². The zero-order valence-corrected chi connectivity index (χ0v) is 25.4. The van der Waals surface area contributed by atoms with E-state index < -0.39 is 0 Å². The Morgan fingerprint density at radius 1 is 0.634 bits per heavy atom. The summed E-state index contributed by atoms with van der Waals surface area (Å²) in [5.41, 5.74) is 0. The predicted octanol–water partition coefficient (Wildman–Crippen LogP) is 0.615. The van der Waals surface area contributed by atoms with E-state index in [1.54, 1.807) is 0 Å². The molecule has 1 rings (SSSR count). The van der Waals surface area contributed by atoms with Crippen LogP contribution in [0.3, 0.4) is 0 Å². The van der Waals surface area contributed by atoms with Gasteiger partial charge in [-0.2, -0.15) is 0 Å². The smallest absolute Gasteiger partial charge is 0.263 e.